The standard InChI is InChI=1S/C37H50N8O7/c1-37(2,3)52-36(47)42-28(15-10-18-39-35(38)43-45(48)49)34(46)44(24-26-16-17-31-32(22-26)51-20-19-50-31)30(21-25-11-6-4-7-12-25)33-40-23-29(41-33)27-13-8-5-9-14-27/h5,8-9,13-14,16-17,22-23,25,28,30H,4,6-7,10-12,15,18-21,24H2,1-3H3,(H,40,41)(H,42,47)(H3,38,39,43). The van der Waals surface area contributed by atoms with E-state index in [1.54, 1.807) is 31.9 Å². The third kappa shape index (κ3) is 11.1. The van der Waals surface area contributed by atoms with Gasteiger partial charge in [-0.2, -0.15) is 0 Å². The van der Waals surface area contributed by atoms with Crippen LogP contribution < -0.4 is 25.9 Å². The molecule has 2 aliphatic rings. The van der Waals surface area contributed by atoms with E-state index < -0.39 is 28.8 Å². The number of benzene rings is 2. The maximum absolute atomic E-state index is 15.0. The summed E-state index contributed by atoms with van der Waals surface area (Å²) < 4.78 is 17.2. The smallest absolute Gasteiger partial charge is 0.408 e. The van der Waals surface area contributed by atoms with Gasteiger partial charge in [-0.15, -0.1) is 0 Å². The second-order valence-electron chi connectivity index (χ2n) is 14.2. The number of H-pyrrole nitrogens is 1. The molecule has 1 aliphatic carbocycles. The van der Waals surface area contributed by atoms with Gasteiger partial charge in [0.05, 0.1) is 17.9 Å². The van der Waals surface area contributed by atoms with E-state index in [9.17, 15) is 14.9 Å². The minimum Gasteiger partial charge on any atom is -0.486 e. The minimum atomic E-state index is -1.02. The van der Waals surface area contributed by atoms with Crippen LogP contribution >= 0.6 is 0 Å². The maximum Gasteiger partial charge on any atom is 0.408 e. The Hall–Kier alpha value is -5.34. The molecule has 280 valence electrons. The van der Waals surface area contributed by atoms with Gasteiger partial charge in [-0.3, -0.25) is 4.79 Å². The van der Waals surface area contributed by atoms with Crippen LogP contribution in [0.3, 0.4) is 0 Å². The number of alkyl carbamates (subject to hydrolysis) is 1. The first kappa shape index (κ1) is 37.9. The summed E-state index contributed by atoms with van der Waals surface area (Å²) in [6.07, 6.45) is 7.70. The Morgan fingerprint density at radius 3 is 2.56 bits per heavy atom. The minimum absolute atomic E-state index is 0.0821. The second kappa shape index (κ2) is 17.7. The van der Waals surface area contributed by atoms with Gasteiger partial charge in [-0.25, -0.2) is 24.9 Å². The van der Waals surface area contributed by atoms with Crippen LogP contribution in [0.4, 0.5) is 4.79 Å². The van der Waals surface area contributed by atoms with E-state index in [-0.39, 0.29) is 37.8 Å². The molecule has 15 heteroatoms. The highest BCUT2D eigenvalue weighted by Gasteiger charge is 2.36. The first-order valence-electron chi connectivity index (χ1n) is 17.9. The lowest BCUT2D eigenvalue weighted by molar-refractivity contribution is -0.525. The van der Waals surface area contributed by atoms with Crippen LogP contribution in [-0.4, -0.2) is 69.3 Å². The van der Waals surface area contributed by atoms with Crippen LogP contribution in [-0.2, 0) is 16.1 Å². The summed E-state index contributed by atoms with van der Waals surface area (Å²) in [5.41, 5.74) is 9.26. The number of guanidine groups is 1. The Bertz CT molecular complexity index is 1680. The van der Waals surface area contributed by atoms with Gasteiger partial charge in [0.1, 0.15) is 30.7 Å². The van der Waals surface area contributed by atoms with E-state index >= 15 is 4.79 Å². The predicted octanol–water partition coefficient (Wildman–Crippen LogP) is 5.66. The van der Waals surface area contributed by atoms with Crippen LogP contribution in [0.1, 0.15) is 89.6 Å². The van der Waals surface area contributed by atoms with Gasteiger partial charge < -0.3 is 35.1 Å². The number of nitrogens with one attached hydrogen (secondary N) is 3. The lowest BCUT2D eigenvalue weighted by Gasteiger charge is -2.37. The van der Waals surface area contributed by atoms with Crippen molar-refractivity contribution in [2.24, 2.45) is 16.6 Å². The molecule has 52 heavy (non-hydrogen) atoms. The number of nitrogens with zero attached hydrogens (tertiary/aromatic N) is 4. The number of rotatable bonds is 14. The number of aromatic nitrogens is 2. The molecule has 15 nitrogen and oxygen atoms in total. The molecular weight excluding hydrogens is 668 g/mol. The Balaban J connectivity index is 1.52. The number of carbonyl (C=O) groups excluding carboxylic acids is 2. The van der Waals surface area contributed by atoms with Gasteiger partial charge in [0.15, 0.2) is 16.5 Å². The molecule has 2 atom stereocenters. The van der Waals surface area contributed by atoms with Gasteiger partial charge in [0.25, 0.3) is 5.96 Å². The molecule has 5 N–H and O–H groups in total. The fourth-order valence-corrected chi connectivity index (χ4v) is 6.65. The first-order chi connectivity index (χ1) is 24.9. The third-order valence-corrected chi connectivity index (χ3v) is 9.02. The van der Waals surface area contributed by atoms with Crippen molar-refractivity contribution >= 4 is 18.0 Å². The van der Waals surface area contributed by atoms with Crippen LogP contribution in [0.5, 0.6) is 11.5 Å². The highest BCUT2D eigenvalue weighted by Crippen LogP contribution is 2.37. The number of carbonyl (C=O) groups is 2. The van der Waals surface area contributed by atoms with Crippen LogP contribution in [0, 0.1) is 16.0 Å². The molecule has 0 spiro atoms. The molecule has 3 aromatic rings. The number of ether oxygens (including phenoxy) is 3. The highest BCUT2D eigenvalue weighted by atomic mass is 16.7. The fourth-order valence-electron chi connectivity index (χ4n) is 6.65. The van der Waals surface area contributed by atoms with Gasteiger partial charge in [0.2, 0.25) is 5.91 Å². The summed E-state index contributed by atoms with van der Waals surface area (Å²) in [5.74, 6) is 1.57. The summed E-state index contributed by atoms with van der Waals surface area (Å²) in [6.45, 7) is 6.40. The zero-order valence-corrected chi connectivity index (χ0v) is 30.1. The Morgan fingerprint density at radius 2 is 1.85 bits per heavy atom. The van der Waals surface area contributed by atoms with Crippen molar-refractivity contribution < 1.29 is 28.8 Å². The number of fused-ring (bicyclic) bond motifs is 1. The van der Waals surface area contributed by atoms with Crippen molar-refractivity contribution in [3.63, 3.8) is 0 Å². The molecule has 0 saturated heterocycles. The summed E-state index contributed by atoms with van der Waals surface area (Å²) in [7, 11) is 0. The van der Waals surface area contributed by atoms with E-state index in [2.05, 4.69) is 15.3 Å². The zero-order chi connectivity index (χ0) is 37.1. The Kier molecular flexibility index (Phi) is 12.9. The molecule has 0 bridgehead atoms. The molecule has 1 saturated carbocycles. The number of aliphatic imine (C=N–C) groups is 1. The number of amides is 2. The largest absolute Gasteiger partial charge is 0.486 e. The van der Waals surface area contributed by atoms with Gasteiger partial charge in [-0.1, -0.05) is 73.9 Å². The van der Waals surface area contributed by atoms with Crippen LogP contribution in [0.15, 0.2) is 59.7 Å². The molecule has 5 rings (SSSR count). The summed E-state index contributed by atoms with van der Waals surface area (Å²) >= 11 is 0. The molecular formula is C37H50N8O7. The SMILES string of the molecule is CC(C)(C)OC(=O)NC(CCCN=C(N)N[N+](=O)[O-])C(=O)N(Cc1ccc2c(c1)OCCO2)C(CC1CCCCC1)c1ncc(-c2ccccc2)[nH]1. The highest BCUT2D eigenvalue weighted by molar-refractivity contribution is 5.86. The molecule has 1 aliphatic heterocycles. The average Bonchev–Trinajstić information content (AvgIpc) is 3.61. The van der Waals surface area contributed by atoms with Crippen molar-refractivity contribution in [2.45, 2.75) is 96.4 Å². The van der Waals surface area contributed by atoms with Crippen LogP contribution in [0.2, 0.25) is 0 Å². The van der Waals surface area contributed by atoms with E-state index in [0.29, 0.717) is 42.9 Å². The van der Waals surface area contributed by atoms with E-state index in [0.717, 1.165) is 42.5 Å². The topological polar surface area (TPSA) is 199 Å². The first-order valence-corrected chi connectivity index (χ1v) is 17.9. The van der Waals surface area contributed by atoms with Crippen molar-refractivity contribution in [2.75, 3.05) is 19.8 Å². The number of hydrogen-bond donors (Lipinski definition) is 4. The summed E-state index contributed by atoms with van der Waals surface area (Å²) in [5, 5.41) is 12.8. The Morgan fingerprint density at radius 1 is 1.12 bits per heavy atom. The molecule has 1 fully saturated rings. The Labute approximate surface area is 303 Å². The molecule has 2 amide bonds. The molecule has 2 heterocycles. The van der Waals surface area contributed by atoms with Gasteiger partial charge >= 0.3 is 6.09 Å². The lowest BCUT2D eigenvalue weighted by atomic mass is 9.84. The normalized spacial score (nSPS) is 16.0. The molecule has 1 aromatic heterocycles. The molecule has 2 aromatic carbocycles. The summed E-state index contributed by atoms with van der Waals surface area (Å²) in [4.78, 5) is 53.2. The zero-order valence-electron chi connectivity index (χ0n) is 30.1. The quantitative estimate of drug-likeness (QED) is 0.0530. The second-order valence-corrected chi connectivity index (χ2v) is 14.2. The molecule has 0 radical (unpaired) electrons. The number of aromatic amines is 1. The number of hydrazine groups is 1. The number of nitro groups is 1. The third-order valence-electron chi connectivity index (χ3n) is 9.02. The van der Waals surface area contributed by atoms with E-state index in [1.165, 1.54) is 6.42 Å². The van der Waals surface area contributed by atoms with Crippen molar-refractivity contribution in [3.8, 4) is 22.8 Å². The van der Waals surface area contributed by atoms with E-state index in [1.807, 2.05) is 54.0 Å². The van der Waals surface area contributed by atoms with Gasteiger partial charge in [0, 0.05) is 13.1 Å². The van der Waals surface area contributed by atoms with Crippen molar-refractivity contribution in [1.82, 2.24) is 25.6 Å². The monoisotopic (exact) mass is 718 g/mol. The number of hydrogen-bond acceptors (Lipinski definition) is 9. The van der Waals surface area contributed by atoms with Crippen molar-refractivity contribution in [3.05, 3.63) is 76.2 Å². The number of imidazole rings is 1. The summed E-state index contributed by atoms with van der Waals surface area (Å²) in [6, 6.07) is 14.0. The average molecular weight is 719 g/mol. The predicted molar refractivity (Wildman–Crippen MR) is 195 cm³/mol. The van der Waals surface area contributed by atoms with Gasteiger partial charge in [-0.05, 0) is 69.2 Å². The van der Waals surface area contributed by atoms with Crippen molar-refractivity contribution in [1.29, 1.82) is 0 Å². The lowest BCUT2D eigenvalue weighted by Crippen LogP contribution is -2.51. The van der Waals surface area contributed by atoms with Crippen LogP contribution in [0.25, 0.3) is 11.3 Å². The number of nitrogens with two attached hydrogens (primary N) is 1. The molecule has 2 unspecified atom stereocenters. The van der Waals surface area contributed by atoms with E-state index in [4.69, 9.17) is 24.9 Å². The fraction of sp³-hybridized carbons (Fsp3) is 0.514. The maximum atomic E-state index is 15.0.